The Bertz CT molecular complexity index is 925. The smallest absolute Gasteiger partial charge is 0.462 e. The van der Waals surface area contributed by atoms with E-state index >= 15 is 0 Å². The Balaban J connectivity index is 0.000000582. The van der Waals surface area contributed by atoms with Gasteiger partial charge in [-0.05, 0) is 13.8 Å². The Morgan fingerprint density at radius 2 is 1.58 bits per heavy atom. The fourth-order valence-corrected chi connectivity index (χ4v) is 3.22. The Hall–Kier alpha value is -2.14. The fraction of sp³-hybridized carbons (Fsp3) is 0.571. The van der Waals surface area contributed by atoms with Gasteiger partial charge in [0.25, 0.3) is 0 Å². The molecule has 17 heteroatoms. The van der Waals surface area contributed by atoms with Crippen LogP contribution in [0.25, 0.3) is 4.13 Å². The predicted octanol–water partition coefficient (Wildman–Crippen LogP) is 2.36. The van der Waals surface area contributed by atoms with E-state index < -0.39 is 31.1 Å². The second-order valence-corrected chi connectivity index (χ2v) is 9.09. The number of imidazole rings is 1. The van der Waals surface area contributed by atoms with Gasteiger partial charge in [-0.1, -0.05) is 6.58 Å². The van der Waals surface area contributed by atoms with E-state index in [1.807, 2.05) is 18.7 Å². The van der Waals surface area contributed by atoms with Gasteiger partial charge in [-0.15, -0.1) is 0 Å². The standard InChI is InChI=1S/C12H19N2O2.C2F6NO4S2/c1-4-13-7-8-14(10-13)6-5-9-16-12(15)11(2)3;3-1(4,5)14(10,11)9-15(12,13)2(6,7)8/h7-8,10H,2,4-6,9H2,1,3H3;/q+1;-1. The molecule has 0 bridgehead atoms. The van der Waals surface area contributed by atoms with E-state index in [4.69, 9.17) is 4.74 Å². The van der Waals surface area contributed by atoms with E-state index in [0.717, 1.165) is 23.6 Å². The van der Waals surface area contributed by atoms with Crippen molar-refractivity contribution in [3.05, 3.63) is 35.0 Å². The summed E-state index contributed by atoms with van der Waals surface area (Å²) in [6.07, 6.45) is 6.90. The number of carbonyl (C=O) groups excluding carboxylic acids is 1. The monoisotopic (exact) mass is 503 g/mol. The Labute approximate surface area is 174 Å². The van der Waals surface area contributed by atoms with Crippen molar-refractivity contribution in [1.29, 1.82) is 0 Å². The quantitative estimate of drug-likeness (QED) is 0.177. The number of rotatable bonds is 8. The number of hydrogen-bond acceptors (Lipinski definition) is 6. The molecule has 0 aliphatic rings. The molecule has 0 saturated heterocycles. The molecule has 1 rings (SSSR count). The largest absolute Gasteiger partial charge is 0.480 e. The maximum atomic E-state index is 11.4. The molecule has 0 saturated carbocycles. The molecular formula is C14H19F6N3O6S2. The molecule has 180 valence electrons. The molecule has 0 fully saturated rings. The number of hydrogen-bond donors (Lipinski definition) is 0. The summed E-state index contributed by atoms with van der Waals surface area (Å²) in [5.41, 5.74) is -12.0. The maximum Gasteiger partial charge on any atom is 0.480 e. The van der Waals surface area contributed by atoms with E-state index in [1.165, 1.54) is 0 Å². The van der Waals surface area contributed by atoms with Crippen LogP contribution in [-0.2, 0) is 42.7 Å². The number of halogens is 6. The molecule has 0 unspecified atom stereocenters. The molecule has 1 aromatic heterocycles. The van der Waals surface area contributed by atoms with Crippen molar-refractivity contribution in [3.8, 4) is 0 Å². The van der Waals surface area contributed by atoms with Crippen molar-refractivity contribution in [1.82, 2.24) is 4.57 Å². The van der Waals surface area contributed by atoms with Crippen LogP contribution in [0.15, 0.2) is 30.9 Å². The molecule has 0 spiro atoms. The minimum Gasteiger partial charge on any atom is -0.462 e. The molecule has 0 aromatic carbocycles. The lowest BCUT2D eigenvalue weighted by Gasteiger charge is -2.22. The SMILES string of the molecule is C=C(C)C(=O)OCCC[n+]1ccn(CC)c1.O=S(=O)([N-]S(=O)(=O)C(F)(F)F)C(F)(F)F. The van der Waals surface area contributed by atoms with E-state index in [1.54, 1.807) is 6.92 Å². The van der Waals surface area contributed by atoms with Crippen molar-refractivity contribution in [3.63, 3.8) is 0 Å². The summed E-state index contributed by atoms with van der Waals surface area (Å²) >= 11 is 0. The minimum absolute atomic E-state index is 0.309. The number of carbonyl (C=O) groups is 1. The van der Waals surface area contributed by atoms with Crippen LogP contribution in [0.4, 0.5) is 26.3 Å². The van der Waals surface area contributed by atoms with Crippen molar-refractivity contribution < 1.29 is 57.3 Å². The van der Waals surface area contributed by atoms with Gasteiger partial charge in [0.2, 0.25) is 6.33 Å². The van der Waals surface area contributed by atoms with Crippen molar-refractivity contribution >= 4 is 26.0 Å². The normalized spacial score (nSPS) is 12.6. The van der Waals surface area contributed by atoms with E-state index in [-0.39, 0.29) is 5.97 Å². The van der Waals surface area contributed by atoms with E-state index in [9.17, 15) is 48.0 Å². The van der Waals surface area contributed by atoms with Gasteiger partial charge in [-0.3, -0.25) is 0 Å². The van der Waals surface area contributed by atoms with Gasteiger partial charge in [-0.25, -0.2) is 30.8 Å². The summed E-state index contributed by atoms with van der Waals surface area (Å²) in [4.78, 5) is 11.1. The van der Waals surface area contributed by atoms with Crippen molar-refractivity contribution in [2.75, 3.05) is 6.61 Å². The number of alkyl halides is 6. The Kier molecular flexibility index (Phi) is 10.2. The lowest BCUT2D eigenvalue weighted by Crippen LogP contribution is -2.31. The maximum absolute atomic E-state index is 11.4. The lowest BCUT2D eigenvalue weighted by molar-refractivity contribution is -0.697. The zero-order valence-corrected chi connectivity index (χ0v) is 17.8. The summed E-state index contributed by atoms with van der Waals surface area (Å²) in [5, 5.41) is 0. The molecule has 0 atom stereocenters. The van der Waals surface area contributed by atoms with Crippen LogP contribution in [-0.4, -0.2) is 45.0 Å². The highest BCUT2D eigenvalue weighted by molar-refractivity contribution is 8.13. The van der Waals surface area contributed by atoms with Crippen LogP contribution in [0.3, 0.4) is 0 Å². The summed E-state index contributed by atoms with van der Waals surface area (Å²) < 4.78 is 118. The zero-order valence-electron chi connectivity index (χ0n) is 16.1. The van der Waals surface area contributed by atoms with Gasteiger partial charge in [0.05, 0.1) is 19.7 Å². The van der Waals surface area contributed by atoms with E-state index in [2.05, 4.69) is 22.6 Å². The number of esters is 1. The summed E-state index contributed by atoms with van der Waals surface area (Å²) in [6.45, 7) is 9.54. The average molecular weight is 503 g/mol. The molecule has 9 nitrogen and oxygen atoms in total. The molecule has 0 aliphatic heterocycles. The highest BCUT2D eigenvalue weighted by Crippen LogP contribution is 2.36. The van der Waals surface area contributed by atoms with Gasteiger partial charge in [0, 0.05) is 12.0 Å². The molecule has 1 heterocycles. The predicted molar refractivity (Wildman–Crippen MR) is 94.0 cm³/mol. The highest BCUT2D eigenvalue weighted by Gasteiger charge is 2.46. The molecule has 0 aliphatic carbocycles. The first-order valence-electron chi connectivity index (χ1n) is 8.08. The number of aromatic nitrogens is 2. The van der Waals surface area contributed by atoms with Gasteiger partial charge in [0.1, 0.15) is 12.4 Å². The van der Waals surface area contributed by atoms with Crippen molar-refractivity contribution in [2.45, 2.75) is 44.4 Å². The number of aryl methyl sites for hydroxylation is 2. The molecule has 0 radical (unpaired) electrons. The van der Waals surface area contributed by atoms with Crippen molar-refractivity contribution in [2.24, 2.45) is 0 Å². The second-order valence-electron chi connectivity index (χ2n) is 5.67. The number of sulfonamides is 2. The zero-order chi connectivity index (χ0) is 24.7. The van der Waals surface area contributed by atoms with Gasteiger partial charge in [-0.2, -0.15) is 26.3 Å². The average Bonchev–Trinajstić information content (AvgIpc) is 3.04. The molecule has 1 aromatic rings. The number of ether oxygens (including phenoxy) is 1. The Morgan fingerprint density at radius 1 is 1.10 bits per heavy atom. The Morgan fingerprint density at radius 3 is 1.94 bits per heavy atom. The summed E-state index contributed by atoms with van der Waals surface area (Å²) in [7, 11) is -13.4. The van der Waals surface area contributed by atoms with Crippen LogP contribution < -0.4 is 4.57 Å². The van der Waals surface area contributed by atoms with E-state index in [0.29, 0.717) is 12.2 Å². The lowest BCUT2D eigenvalue weighted by atomic mass is 10.3. The fourth-order valence-electron chi connectivity index (χ4n) is 1.51. The van der Waals surface area contributed by atoms with Gasteiger partial charge < -0.3 is 8.86 Å². The van der Waals surface area contributed by atoms with Crippen LogP contribution in [0.2, 0.25) is 0 Å². The van der Waals surface area contributed by atoms with Crippen LogP contribution in [0, 0.1) is 0 Å². The molecule has 0 N–H and O–H groups in total. The summed E-state index contributed by atoms with van der Waals surface area (Å²) in [6, 6.07) is 0. The third-order valence-corrected chi connectivity index (χ3v) is 5.77. The minimum atomic E-state index is -6.72. The van der Waals surface area contributed by atoms with Crippen LogP contribution >= 0.6 is 0 Å². The first kappa shape index (κ1) is 28.9. The third-order valence-electron chi connectivity index (χ3n) is 3.03. The number of nitrogens with zero attached hydrogens (tertiary/aromatic N) is 3. The van der Waals surface area contributed by atoms with Gasteiger partial charge >= 0.3 is 17.0 Å². The third kappa shape index (κ3) is 9.69. The first-order valence-corrected chi connectivity index (χ1v) is 11.0. The molecular weight excluding hydrogens is 484 g/mol. The highest BCUT2D eigenvalue weighted by atomic mass is 32.3. The summed E-state index contributed by atoms with van der Waals surface area (Å²) in [5.74, 6) is -0.309. The van der Waals surface area contributed by atoms with Gasteiger partial charge in [0.15, 0.2) is 20.0 Å². The topological polar surface area (TPSA) is 117 Å². The molecule has 0 amide bonds. The second kappa shape index (κ2) is 10.9. The van der Waals surface area contributed by atoms with Crippen LogP contribution in [0.5, 0.6) is 0 Å². The molecule has 31 heavy (non-hydrogen) atoms. The van der Waals surface area contributed by atoms with Crippen LogP contribution in [0.1, 0.15) is 20.3 Å². The first-order chi connectivity index (χ1) is 13.8.